The number of rotatable bonds is 9. The first-order chi connectivity index (χ1) is 16.6. The Kier molecular flexibility index (Phi) is 8.60. The summed E-state index contributed by atoms with van der Waals surface area (Å²) in [5.74, 6) is 4.25. The van der Waals surface area contributed by atoms with Crippen LogP contribution >= 0.6 is 0 Å². The molecule has 0 aromatic carbocycles. The predicted octanol–water partition coefficient (Wildman–Crippen LogP) is 5.13. The summed E-state index contributed by atoms with van der Waals surface area (Å²) in [6, 6.07) is 1.57. The fourth-order valence-electron chi connectivity index (χ4n) is 9.77. The Morgan fingerprint density at radius 1 is 1.00 bits per heavy atom. The Bertz CT molecular complexity index is 728. The van der Waals surface area contributed by atoms with Gasteiger partial charge in [0, 0.05) is 37.6 Å². The van der Waals surface area contributed by atoms with Crippen LogP contribution in [0.1, 0.15) is 98.8 Å². The van der Waals surface area contributed by atoms with Gasteiger partial charge in [0.15, 0.2) is 0 Å². The number of methoxy groups -OCH3 is 1. The van der Waals surface area contributed by atoms with Crippen LogP contribution in [0.25, 0.3) is 0 Å². The van der Waals surface area contributed by atoms with Gasteiger partial charge in [-0.25, -0.2) is 0 Å². The van der Waals surface area contributed by atoms with Crippen molar-refractivity contribution in [2.24, 2.45) is 52.1 Å². The third-order valence-corrected chi connectivity index (χ3v) is 11.7. The summed E-state index contributed by atoms with van der Waals surface area (Å²) < 4.78 is 4.92. The van der Waals surface area contributed by atoms with E-state index in [4.69, 9.17) is 10.5 Å². The van der Waals surface area contributed by atoms with Crippen molar-refractivity contribution in [2.45, 2.75) is 117 Å². The molecule has 4 saturated carbocycles. The van der Waals surface area contributed by atoms with Crippen LogP contribution in [0.2, 0.25) is 0 Å². The van der Waals surface area contributed by atoms with Crippen LogP contribution in [0.15, 0.2) is 0 Å². The first-order valence-corrected chi connectivity index (χ1v) is 14.9. The van der Waals surface area contributed by atoms with Crippen molar-refractivity contribution in [2.75, 3.05) is 20.2 Å². The van der Waals surface area contributed by atoms with Crippen molar-refractivity contribution in [3.05, 3.63) is 0 Å². The molecule has 0 spiro atoms. The smallest absolute Gasteiger partial charge is 0.305 e. The Morgan fingerprint density at radius 2 is 1.71 bits per heavy atom. The highest BCUT2D eigenvalue weighted by molar-refractivity contribution is 5.69. The fourth-order valence-corrected chi connectivity index (χ4v) is 9.77. The predicted molar refractivity (Wildman–Crippen MR) is 144 cm³/mol. The van der Waals surface area contributed by atoms with Gasteiger partial charge in [-0.3, -0.25) is 4.79 Å². The normalized spacial score (nSPS) is 43.8. The molecule has 0 bridgehead atoms. The zero-order chi connectivity index (χ0) is 25.4. The van der Waals surface area contributed by atoms with Crippen LogP contribution in [0.4, 0.5) is 0 Å². The number of hydrogen-bond donors (Lipinski definition) is 3. The Morgan fingerprint density at radius 3 is 2.43 bits per heavy atom. The second-order valence-corrected chi connectivity index (χ2v) is 13.7. The first kappa shape index (κ1) is 27.4. The van der Waals surface area contributed by atoms with Gasteiger partial charge in [0.05, 0.1) is 7.11 Å². The summed E-state index contributed by atoms with van der Waals surface area (Å²) in [6.45, 7) is 14.2. The summed E-state index contributed by atoms with van der Waals surface area (Å²) in [7, 11) is 1.51. The molecule has 0 amide bonds. The zero-order valence-electron chi connectivity index (χ0n) is 23.6. The van der Waals surface area contributed by atoms with E-state index < -0.39 is 0 Å². The van der Waals surface area contributed by atoms with E-state index in [1.165, 1.54) is 58.5 Å². The lowest BCUT2D eigenvalue weighted by Crippen LogP contribution is -2.61. The Labute approximate surface area is 215 Å². The average molecular weight is 490 g/mol. The molecule has 202 valence electrons. The summed E-state index contributed by atoms with van der Waals surface area (Å²) in [4.78, 5) is 11.8. The molecule has 0 aromatic heterocycles. The number of hydrogen-bond acceptors (Lipinski definition) is 5. The second-order valence-electron chi connectivity index (χ2n) is 13.7. The van der Waals surface area contributed by atoms with Crippen LogP contribution in [-0.4, -0.2) is 44.3 Å². The topological polar surface area (TPSA) is 76.4 Å². The molecule has 4 rings (SSSR count). The molecule has 10 atom stereocenters. The van der Waals surface area contributed by atoms with E-state index in [-0.39, 0.29) is 5.97 Å². The van der Waals surface area contributed by atoms with E-state index in [1.54, 1.807) is 0 Å². The molecule has 35 heavy (non-hydrogen) atoms. The number of carbonyl (C=O) groups excluding carboxylic acids is 1. The van der Waals surface area contributed by atoms with Gasteiger partial charge in [0.1, 0.15) is 0 Å². The van der Waals surface area contributed by atoms with E-state index in [0.29, 0.717) is 47.2 Å². The lowest BCUT2D eigenvalue weighted by molar-refractivity contribution is -0.141. The number of esters is 1. The SMILES string of the molecule is COC(=O)CCC(C)C1CCC2C3C(CCC12C)C1(C)CCC(NCCNC(C)C)C[C@@H]1C[C@H]3N. The molecule has 0 heterocycles. The van der Waals surface area contributed by atoms with Crippen molar-refractivity contribution in [1.82, 2.24) is 10.6 Å². The maximum absolute atomic E-state index is 11.8. The summed E-state index contributed by atoms with van der Waals surface area (Å²) in [5.41, 5.74) is 7.97. The molecule has 0 saturated heterocycles. The second kappa shape index (κ2) is 11.0. The first-order valence-electron chi connectivity index (χ1n) is 14.9. The lowest BCUT2D eigenvalue weighted by Gasteiger charge is -2.63. The number of nitrogens with two attached hydrogens (primary N) is 1. The van der Waals surface area contributed by atoms with E-state index in [9.17, 15) is 4.79 Å². The molecule has 4 aliphatic carbocycles. The van der Waals surface area contributed by atoms with E-state index >= 15 is 0 Å². The number of carbonyl (C=O) groups is 1. The van der Waals surface area contributed by atoms with Gasteiger partial charge in [-0.15, -0.1) is 0 Å². The molecule has 4 fully saturated rings. The van der Waals surface area contributed by atoms with E-state index in [1.807, 2.05) is 0 Å². The molecular formula is C30H55N3O2. The summed E-state index contributed by atoms with van der Waals surface area (Å²) in [6.07, 6.45) is 12.1. The van der Waals surface area contributed by atoms with Crippen molar-refractivity contribution in [1.29, 1.82) is 0 Å². The lowest BCUT2D eigenvalue weighted by atomic mass is 9.43. The third kappa shape index (κ3) is 5.34. The quantitative estimate of drug-likeness (QED) is 0.309. The van der Waals surface area contributed by atoms with Crippen LogP contribution in [0.3, 0.4) is 0 Å². The number of fused-ring (bicyclic) bond motifs is 5. The molecular weight excluding hydrogens is 434 g/mol. The van der Waals surface area contributed by atoms with Gasteiger partial charge in [-0.1, -0.05) is 34.6 Å². The monoisotopic (exact) mass is 489 g/mol. The van der Waals surface area contributed by atoms with Gasteiger partial charge in [-0.2, -0.15) is 0 Å². The van der Waals surface area contributed by atoms with Gasteiger partial charge in [-0.05, 0) is 104 Å². The standard InChI is InChI=1S/C30H55N3O2/c1-19(2)32-15-16-33-22-11-13-29(4)21(17-22)18-26(31)28-24-9-8-23(20(3)7-10-27(34)35-6)30(24,5)14-12-25(28)29/h19-26,28,32-33H,7-18,31H2,1-6H3/t20?,21-,22?,23?,24?,25?,26-,28?,29?,30?/m1/s1. The van der Waals surface area contributed by atoms with Gasteiger partial charge < -0.3 is 21.1 Å². The highest BCUT2D eigenvalue weighted by Crippen LogP contribution is 2.68. The molecule has 4 aliphatic rings. The van der Waals surface area contributed by atoms with Crippen molar-refractivity contribution in [3.8, 4) is 0 Å². The van der Waals surface area contributed by atoms with Crippen LogP contribution in [0.5, 0.6) is 0 Å². The fraction of sp³-hybridized carbons (Fsp3) is 0.967. The number of nitrogens with one attached hydrogen (secondary N) is 2. The minimum Gasteiger partial charge on any atom is -0.469 e. The van der Waals surface area contributed by atoms with Crippen LogP contribution in [-0.2, 0) is 9.53 Å². The van der Waals surface area contributed by atoms with E-state index in [0.717, 1.165) is 43.2 Å². The summed E-state index contributed by atoms with van der Waals surface area (Å²) in [5, 5.41) is 7.40. The molecule has 0 aromatic rings. The number of ether oxygens (including phenoxy) is 1. The average Bonchev–Trinajstić information content (AvgIpc) is 3.17. The van der Waals surface area contributed by atoms with Crippen molar-refractivity contribution in [3.63, 3.8) is 0 Å². The largest absolute Gasteiger partial charge is 0.469 e. The minimum atomic E-state index is -0.0604. The van der Waals surface area contributed by atoms with Gasteiger partial charge >= 0.3 is 5.97 Å². The van der Waals surface area contributed by atoms with Crippen molar-refractivity contribution >= 4 is 5.97 Å². The van der Waals surface area contributed by atoms with Gasteiger partial charge in [0.2, 0.25) is 0 Å². The third-order valence-electron chi connectivity index (χ3n) is 11.7. The van der Waals surface area contributed by atoms with E-state index in [2.05, 4.69) is 45.3 Å². The Balaban J connectivity index is 1.40. The highest BCUT2D eigenvalue weighted by Gasteiger charge is 2.62. The minimum absolute atomic E-state index is 0.0604. The summed E-state index contributed by atoms with van der Waals surface area (Å²) >= 11 is 0. The molecule has 0 radical (unpaired) electrons. The molecule has 8 unspecified atom stereocenters. The molecule has 4 N–H and O–H groups in total. The van der Waals surface area contributed by atoms with Crippen molar-refractivity contribution < 1.29 is 9.53 Å². The molecule has 0 aliphatic heterocycles. The van der Waals surface area contributed by atoms with Crippen LogP contribution < -0.4 is 16.4 Å². The maximum atomic E-state index is 11.8. The zero-order valence-corrected chi connectivity index (χ0v) is 23.6. The van der Waals surface area contributed by atoms with Crippen LogP contribution in [0, 0.1) is 46.3 Å². The maximum Gasteiger partial charge on any atom is 0.305 e. The molecule has 5 heteroatoms. The highest BCUT2D eigenvalue weighted by atomic mass is 16.5. The Hall–Kier alpha value is -0.650. The van der Waals surface area contributed by atoms with Gasteiger partial charge in [0.25, 0.3) is 0 Å². The molecule has 5 nitrogen and oxygen atoms in total.